The predicted molar refractivity (Wildman–Crippen MR) is 55.8 cm³/mol. The van der Waals surface area contributed by atoms with Crippen LogP contribution < -0.4 is 0 Å². The van der Waals surface area contributed by atoms with Gasteiger partial charge < -0.3 is 4.74 Å². The first-order valence-corrected chi connectivity index (χ1v) is 5.32. The van der Waals surface area contributed by atoms with E-state index in [4.69, 9.17) is 4.74 Å². The normalized spacial score (nSPS) is 22.0. The van der Waals surface area contributed by atoms with Crippen molar-refractivity contribution in [1.29, 1.82) is 0 Å². The second kappa shape index (κ2) is 3.62. The molecule has 0 aliphatic carbocycles. The minimum atomic E-state index is 0.374. The standard InChI is InChI=1S/C11H13N3O/c1-2-6-14-10(5-1)12-11(13-14)9-4-3-7-15-8-9/h1-2,5-6,9H,3-4,7-8H2. The number of aromatic nitrogens is 3. The van der Waals surface area contributed by atoms with Crippen LogP contribution in [0.25, 0.3) is 5.65 Å². The SMILES string of the molecule is c1ccn2nc(C3CCCOC3)nc2c1. The van der Waals surface area contributed by atoms with Crippen molar-refractivity contribution in [3.05, 3.63) is 30.2 Å². The van der Waals surface area contributed by atoms with Crippen molar-refractivity contribution in [2.24, 2.45) is 0 Å². The molecule has 1 aliphatic heterocycles. The Morgan fingerprint density at radius 1 is 1.40 bits per heavy atom. The highest BCUT2D eigenvalue weighted by molar-refractivity contribution is 5.36. The molecule has 1 saturated heterocycles. The summed E-state index contributed by atoms with van der Waals surface area (Å²) in [5.74, 6) is 1.29. The fourth-order valence-electron chi connectivity index (χ4n) is 1.97. The van der Waals surface area contributed by atoms with Gasteiger partial charge >= 0.3 is 0 Å². The third kappa shape index (κ3) is 1.61. The molecule has 0 spiro atoms. The van der Waals surface area contributed by atoms with Gasteiger partial charge in [0.05, 0.1) is 6.61 Å². The van der Waals surface area contributed by atoms with E-state index in [0.29, 0.717) is 5.92 Å². The minimum Gasteiger partial charge on any atom is -0.381 e. The van der Waals surface area contributed by atoms with Gasteiger partial charge in [0.2, 0.25) is 0 Å². The summed E-state index contributed by atoms with van der Waals surface area (Å²) in [6.07, 6.45) is 4.17. The van der Waals surface area contributed by atoms with E-state index in [2.05, 4.69) is 10.1 Å². The van der Waals surface area contributed by atoms with Gasteiger partial charge in [0.1, 0.15) is 0 Å². The van der Waals surface area contributed by atoms with Gasteiger partial charge in [0, 0.05) is 18.7 Å². The monoisotopic (exact) mass is 203 g/mol. The first kappa shape index (κ1) is 8.85. The lowest BCUT2D eigenvalue weighted by Crippen LogP contribution is -2.16. The Kier molecular flexibility index (Phi) is 2.14. The summed E-state index contributed by atoms with van der Waals surface area (Å²) in [6, 6.07) is 5.91. The van der Waals surface area contributed by atoms with Crippen LogP contribution in [0.4, 0.5) is 0 Å². The van der Waals surface area contributed by atoms with E-state index >= 15 is 0 Å². The number of pyridine rings is 1. The fraction of sp³-hybridized carbons (Fsp3) is 0.455. The van der Waals surface area contributed by atoms with Gasteiger partial charge in [-0.2, -0.15) is 5.10 Å². The van der Waals surface area contributed by atoms with Crippen LogP contribution in [0.1, 0.15) is 24.6 Å². The molecule has 3 heterocycles. The largest absolute Gasteiger partial charge is 0.381 e. The number of nitrogens with zero attached hydrogens (tertiary/aromatic N) is 3. The molecule has 15 heavy (non-hydrogen) atoms. The topological polar surface area (TPSA) is 39.4 Å². The maximum absolute atomic E-state index is 5.44. The molecule has 2 aromatic heterocycles. The molecule has 1 atom stereocenters. The Hall–Kier alpha value is -1.42. The molecule has 0 aromatic carbocycles. The van der Waals surface area contributed by atoms with Gasteiger partial charge in [-0.15, -0.1) is 0 Å². The highest BCUT2D eigenvalue weighted by atomic mass is 16.5. The van der Waals surface area contributed by atoms with Crippen LogP contribution in [0.15, 0.2) is 24.4 Å². The molecule has 3 rings (SSSR count). The summed E-state index contributed by atoms with van der Waals surface area (Å²) < 4.78 is 7.27. The highest BCUT2D eigenvalue weighted by Crippen LogP contribution is 2.22. The summed E-state index contributed by atoms with van der Waals surface area (Å²) in [4.78, 5) is 4.51. The van der Waals surface area contributed by atoms with Crippen LogP contribution in [-0.4, -0.2) is 27.8 Å². The van der Waals surface area contributed by atoms with E-state index in [0.717, 1.165) is 37.5 Å². The fourth-order valence-corrected chi connectivity index (χ4v) is 1.97. The van der Waals surface area contributed by atoms with Crippen LogP contribution in [0.2, 0.25) is 0 Å². The number of rotatable bonds is 1. The van der Waals surface area contributed by atoms with Crippen molar-refractivity contribution < 1.29 is 4.74 Å². The van der Waals surface area contributed by atoms with Gasteiger partial charge in [0.15, 0.2) is 11.5 Å². The van der Waals surface area contributed by atoms with Gasteiger partial charge in [-0.25, -0.2) is 9.50 Å². The number of fused-ring (bicyclic) bond motifs is 1. The van der Waals surface area contributed by atoms with Gasteiger partial charge in [-0.05, 0) is 25.0 Å². The second-order valence-corrected chi connectivity index (χ2v) is 3.89. The lowest BCUT2D eigenvalue weighted by Gasteiger charge is -2.18. The Morgan fingerprint density at radius 3 is 3.20 bits per heavy atom. The highest BCUT2D eigenvalue weighted by Gasteiger charge is 2.20. The number of ether oxygens (including phenoxy) is 1. The van der Waals surface area contributed by atoms with E-state index in [1.54, 1.807) is 0 Å². The van der Waals surface area contributed by atoms with Crippen LogP contribution >= 0.6 is 0 Å². The molecular formula is C11H13N3O. The maximum Gasteiger partial charge on any atom is 0.157 e. The molecule has 4 heteroatoms. The van der Waals surface area contributed by atoms with Crippen LogP contribution in [0.3, 0.4) is 0 Å². The van der Waals surface area contributed by atoms with E-state index < -0.39 is 0 Å². The second-order valence-electron chi connectivity index (χ2n) is 3.89. The van der Waals surface area contributed by atoms with E-state index in [1.807, 2.05) is 28.9 Å². The lowest BCUT2D eigenvalue weighted by atomic mass is 10.0. The van der Waals surface area contributed by atoms with Crippen LogP contribution in [-0.2, 0) is 4.74 Å². The van der Waals surface area contributed by atoms with E-state index in [-0.39, 0.29) is 0 Å². The average Bonchev–Trinajstić information content (AvgIpc) is 2.74. The third-order valence-corrected chi connectivity index (χ3v) is 2.78. The first-order valence-electron chi connectivity index (χ1n) is 5.32. The first-order chi connectivity index (χ1) is 7.43. The predicted octanol–water partition coefficient (Wildman–Crippen LogP) is 1.62. The van der Waals surface area contributed by atoms with Crippen LogP contribution in [0.5, 0.6) is 0 Å². The molecule has 2 aromatic rings. The zero-order valence-corrected chi connectivity index (χ0v) is 8.47. The third-order valence-electron chi connectivity index (χ3n) is 2.78. The minimum absolute atomic E-state index is 0.374. The Labute approximate surface area is 87.9 Å². The molecule has 0 radical (unpaired) electrons. The summed E-state index contributed by atoms with van der Waals surface area (Å²) in [5, 5.41) is 4.46. The van der Waals surface area contributed by atoms with Crippen molar-refractivity contribution in [3.8, 4) is 0 Å². The van der Waals surface area contributed by atoms with Crippen molar-refractivity contribution in [1.82, 2.24) is 14.6 Å². The van der Waals surface area contributed by atoms with Crippen molar-refractivity contribution >= 4 is 5.65 Å². The molecule has 0 bridgehead atoms. The molecule has 1 aliphatic rings. The van der Waals surface area contributed by atoms with Crippen molar-refractivity contribution in [2.45, 2.75) is 18.8 Å². The summed E-state index contributed by atoms with van der Waals surface area (Å²) in [6.45, 7) is 1.64. The van der Waals surface area contributed by atoms with E-state index in [1.165, 1.54) is 0 Å². The Morgan fingerprint density at radius 2 is 2.40 bits per heavy atom. The number of hydrogen-bond donors (Lipinski definition) is 0. The molecule has 0 N–H and O–H groups in total. The quantitative estimate of drug-likeness (QED) is 0.707. The maximum atomic E-state index is 5.44. The Bertz CT molecular complexity index is 427. The molecule has 0 amide bonds. The molecule has 1 unspecified atom stereocenters. The van der Waals surface area contributed by atoms with Gasteiger partial charge in [-0.1, -0.05) is 6.07 Å². The number of hydrogen-bond acceptors (Lipinski definition) is 3. The summed E-state index contributed by atoms with van der Waals surface area (Å²) >= 11 is 0. The molecule has 1 fully saturated rings. The average molecular weight is 203 g/mol. The lowest BCUT2D eigenvalue weighted by molar-refractivity contribution is 0.0781. The van der Waals surface area contributed by atoms with Gasteiger partial charge in [-0.3, -0.25) is 0 Å². The Balaban J connectivity index is 1.96. The summed E-state index contributed by atoms with van der Waals surface area (Å²) in [7, 11) is 0. The molecular weight excluding hydrogens is 190 g/mol. The molecule has 0 saturated carbocycles. The molecule has 78 valence electrons. The smallest absolute Gasteiger partial charge is 0.157 e. The van der Waals surface area contributed by atoms with E-state index in [9.17, 15) is 0 Å². The zero-order valence-electron chi connectivity index (χ0n) is 8.47. The summed E-state index contributed by atoms with van der Waals surface area (Å²) in [5.41, 5.74) is 0.915. The zero-order chi connectivity index (χ0) is 10.1. The van der Waals surface area contributed by atoms with Crippen molar-refractivity contribution in [2.75, 3.05) is 13.2 Å². The van der Waals surface area contributed by atoms with Crippen LogP contribution in [0, 0.1) is 0 Å². The van der Waals surface area contributed by atoms with Gasteiger partial charge in [0.25, 0.3) is 0 Å². The van der Waals surface area contributed by atoms with Crippen molar-refractivity contribution in [3.63, 3.8) is 0 Å². The molecule has 4 nitrogen and oxygen atoms in total.